The number of hydrogen-bond donors (Lipinski definition) is 0. The number of unbranched alkanes of at least 4 members (excludes halogenated alkanes) is 1. The van der Waals surface area contributed by atoms with Gasteiger partial charge in [0.05, 0.1) is 6.61 Å². The molecule has 0 fully saturated rings. The molecule has 0 heterocycles. The predicted molar refractivity (Wildman–Crippen MR) is 43.2 cm³/mol. The topological polar surface area (TPSA) is 35.5 Å². The van der Waals surface area contributed by atoms with Gasteiger partial charge in [-0.3, -0.25) is 0 Å². The Balaban J connectivity index is 3.92. The Bertz CT molecular complexity index is 226. The molecule has 0 unspecified atom stereocenters. The van der Waals surface area contributed by atoms with Gasteiger partial charge in [0.1, 0.15) is 0 Å². The lowest BCUT2D eigenvalue weighted by Crippen LogP contribution is -2.41. The molecule has 0 saturated carbocycles. The zero-order valence-electron chi connectivity index (χ0n) is 8.44. The summed E-state index contributed by atoms with van der Waals surface area (Å²) < 4.78 is 67.1. The van der Waals surface area contributed by atoms with Crippen LogP contribution in [0.25, 0.3) is 0 Å². The van der Waals surface area contributed by atoms with Crippen LogP contribution in [0.5, 0.6) is 0 Å². The summed E-state index contributed by atoms with van der Waals surface area (Å²) in [4.78, 5) is 10.5. The van der Waals surface area contributed by atoms with E-state index in [2.05, 4.69) is 9.47 Å². The van der Waals surface area contributed by atoms with Crippen molar-refractivity contribution in [3.63, 3.8) is 0 Å². The van der Waals surface area contributed by atoms with E-state index in [1.165, 1.54) is 0 Å². The molecule has 3 nitrogen and oxygen atoms in total. The summed E-state index contributed by atoms with van der Waals surface area (Å²) in [6.07, 6.45) is -6.11. The van der Waals surface area contributed by atoms with Gasteiger partial charge in [-0.05, 0) is 6.42 Å². The van der Waals surface area contributed by atoms with Gasteiger partial charge in [-0.2, -0.15) is 22.0 Å². The van der Waals surface area contributed by atoms with Gasteiger partial charge in [0, 0.05) is 0 Å². The summed E-state index contributed by atoms with van der Waals surface area (Å²) in [6, 6.07) is 0. The second-order valence-corrected chi connectivity index (χ2v) is 2.94. The molecule has 0 rings (SSSR count). The van der Waals surface area contributed by atoms with Crippen molar-refractivity contribution in [3.8, 4) is 0 Å². The van der Waals surface area contributed by atoms with Crippen LogP contribution in [-0.2, 0) is 9.47 Å². The van der Waals surface area contributed by atoms with Crippen LogP contribution >= 0.6 is 0 Å². The molecule has 0 aliphatic heterocycles. The highest BCUT2D eigenvalue weighted by atomic mass is 19.4. The Morgan fingerprint density at radius 3 is 2.12 bits per heavy atom. The van der Waals surface area contributed by atoms with E-state index >= 15 is 0 Å². The fourth-order valence-electron chi connectivity index (χ4n) is 0.573. The summed E-state index contributed by atoms with van der Waals surface area (Å²) in [5, 5.41) is 0. The van der Waals surface area contributed by atoms with Crippen LogP contribution in [0.15, 0.2) is 0 Å². The van der Waals surface area contributed by atoms with E-state index in [4.69, 9.17) is 0 Å². The molecule has 0 aromatic carbocycles. The van der Waals surface area contributed by atoms with Gasteiger partial charge in [0.15, 0.2) is 6.61 Å². The highest BCUT2D eigenvalue weighted by Gasteiger charge is 2.58. The minimum atomic E-state index is -5.74. The number of rotatable bonds is 5. The average molecular weight is 250 g/mol. The third-order valence-electron chi connectivity index (χ3n) is 1.50. The van der Waals surface area contributed by atoms with Crippen LogP contribution in [-0.4, -0.2) is 31.5 Å². The molecular weight excluding hydrogens is 239 g/mol. The van der Waals surface area contributed by atoms with Crippen molar-refractivity contribution in [1.82, 2.24) is 0 Å². The van der Waals surface area contributed by atoms with Crippen molar-refractivity contribution in [2.24, 2.45) is 0 Å². The Morgan fingerprint density at radius 2 is 1.69 bits per heavy atom. The van der Waals surface area contributed by atoms with E-state index in [9.17, 15) is 26.7 Å². The van der Waals surface area contributed by atoms with Crippen molar-refractivity contribution in [2.75, 3.05) is 13.2 Å². The molecule has 0 radical (unpaired) electrons. The van der Waals surface area contributed by atoms with E-state index in [0.717, 1.165) is 0 Å². The molecule has 0 aliphatic rings. The summed E-state index contributed by atoms with van der Waals surface area (Å²) >= 11 is 0. The molecule has 0 amide bonds. The molecule has 96 valence electrons. The first-order valence-electron chi connectivity index (χ1n) is 4.45. The van der Waals surface area contributed by atoms with E-state index in [0.29, 0.717) is 12.8 Å². The van der Waals surface area contributed by atoms with E-state index in [-0.39, 0.29) is 6.61 Å². The maximum Gasteiger partial charge on any atom is 0.508 e. The quantitative estimate of drug-likeness (QED) is 0.427. The van der Waals surface area contributed by atoms with Crippen molar-refractivity contribution in [3.05, 3.63) is 0 Å². The number of halogens is 5. The Hall–Kier alpha value is -1.08. The molecule has 0 aromatic rings. The highest BCUT2D eigenvalue weighted by molar-refractivity contribution is 5.59. The fraction of sp³-hybridized carbons (Fsp3) is 0.875. The fourth-order valence-corrected chi connectivity index (χ4v) is 0.573. The minimum absolute atomic E-state index is 0.0765. The van der Waals surface area contributed by atoms with E-state index in [1.54, 1.807) is 6.92 Å². The second kappa shape index (κ2) is 5.86. The van der Waals surface area contributed by atoms with Gasteiger partial charge in [-0.15, -0.1) is 0 Å². The molecule has 16 heavy (non-hydrogen) atoms. The lowest BCUT2D eigenvalue weighted by atomic mass is 10.3. The third kappa shape index (κ3) is 5.13. The number of hydrogen-bond acceptors (Lipinski definition) is 3. The molecular formula is C8H11F5O3. The normalized spacial score (nSPS) is 12.4. The smallest absolute Gasteiger partial charge is 0.434 e. The van der Waals surface area contributed by atoms with Crippen molar-refractivity contribution >= 4 is 6.16 Å². The molecule has 0 saturated heterocycles. The van der Waals surface area contributed by atoms with Gasteiger partial charge >= 0.3 is 18.3 Å². The second-order valence-electron chi connectivity index (χ2n) is 2.94. The van der Waals surface area contributed by atoms with Crippen molar-refractivity contribution in [1.29, 1.82) is 0 Å². The Labute approximate surface area is 88.5 Å². The lowest BCUT2D eigenvalue weighted by molar-refractivity contribution is -0.293. The first-order chi connectivity index (χ1) is 7.20. The van der Waals surface area contributed by atoms with Crippen LogP contribution in [0.1, 0.15) is 19.8 Å². The van der Waals surface area contributed by atoms with Gasteiger partial charge in [-0.1, -0.05) is 13.3 Å². The summed E-state index contributed by atoms with van der Waals surface area (Å²) in [5.74, 6) is -5.06. The third-order valence-corrected chi connectivity index (χ3v) is 1.50. The molecule has 8 heteroatoms. The maximum absolute atomic E-state index is 12.2. The molecule has 0 N–H and O–H groups in total. The number of ether oxygens (including phenoxy) is 2. The van der Waals surface area contributed by atoms with Crippen LogP contribution in [0.3, 0.4) is 0 Å². The molecule has 0 bridgehead atoms. The van der Waals surface area contributed by atoms with Gasteiger partial charge in [-0.25, -0.2) is 4.79 Å². The first kappa shape index (κ1) is 14.9. The first-order valence-corrected chi connectivity index (χ1v) is 4.45. The van der Waals surface area contributed by atoms with Gasteiger partial charge in [0.2, 0.25) is 0 Å². The standard InChI is InChI=1S/C8H11F5O3/c1-2-3-4-15-6(14)16-5-7(9,10)8(11,12)13/h2-5H2,1H3. The Morgan fingerprint density at radius 1 is 1.12 bits per heavy atom. The lowest BCUT2D eigenvalue weighted by Gasteiger charge is -2.18. The summed E-state index contributed by atoms with van der Waals surface area (Å²) in [5.41, 5.74) is 0. The number of carbonyl (C=O) groups is 1. The summed E-state index contributed by atoms with van der Waals surface area (Å²) in [7, 11) is 0. The SMILES string of the molecule is CCCCOC(=O)OCC(F)(F)C(F)(F)F. The molecule has 0 atom stereocenters. The van der Waals surface area contributed by atoms with E-state index in [1.807, 2.05) is 0 Å². The highest BCUT2D eigenvalue weighted by Crippen LogP contribution is 2.35. The average Bonchev–Trinajstić information content (AvgIpc) is 2.13. The molecule has 0 aromatic heterocycles. The monoisotopic (exact) mass is 250 g/mol. The number of carbonyl (C=O) groups excluding carboxylic acids is 1. The number of alkyl halides is 5. The maximum atomic E-state index is 12.2. The van der Waals surface area contributed by atoms with Crippen LogP contribution in [0.2, 0.25) is 0 Å². The van der Waals surface area contributed by atoms with Crippen molar-refractivity contribution in [2.45, 2.75) is 31.9 Å². The van der Waals surface area contributed by atoms with Crippen LogP contribution < -0.4 is 0 Å². The van der Waals surface area contributed by atoms with Crippen molar-refractivity contribution < 1.29 is 36.2 Å². The van der Waals surface area contributed by atoms with E-state index < -0.39 is 24.9 Å². The van der Waals surface area contributed by atoms with Crippen LogP contribution in [0, 0.1) is 0 Å². The minimum Gasteiger partial charge on any atom is -0.434 e. The molecule has 0 aliphatic carbocycles. The predicted octanol–water partition coefficient (Wildman–Crippen LogP) is 3.14. The zero-order chi connectivity index (χ0) is 12.8. The van der Waals surface area contributed by atoms with Gasteiger partial charge in [0.25, 0.3) is 0 Å². The zero-order valence-corrected chi connectivity index (χ0v) is 8.44. The van der Waals surface area contributed by atoms with Gasteiger partial charge < -0.3 is 9.47 Å². The summed E-state index contributed by atoms with van der Waals surface area (Å²) in [6.45, 7) is -0.360. The Kier molecular flexibility index (Phi) is 5.46. The largest absolute Gasteiger partial charge is 0.508 e. The van der Waals surface area contributed by atoms with Crippen LogP contribution in [0.4, 0.5) is 26.7 Å². The molecule has 0 spiro atoms.